The van der Waals surface area contributed by atoms with Gasteiger partial charge in [0.1, 0.15) is 0 Å². The molecule has 0 aliphatic heterocycles. The van der Waals surface area contributed by atoms with Crippen LogP contribution in [0.25, 0.3) is 0 Å². The van der Waals surface area contributed by atoms with Crippen LogP contribution in [0.5, 0.6) is 0 Å². The van der Waals surface area contributed by atoms with Crippen LogP contribution in [-0.2, 0) is 4.74 Å². The Morgan fingerprint density at radius 1 is 1.44 bits per heavy atom. The standard InChI is InChI=1S/C14H22N2O2/c1-5-8-14(2,3)16-12-7-6-10(9-11(12)15)13(17)18-4/h6-7,9,16H,5,8,15H2,1-4H3. The fourth-order valence-electron chi connectivity index (χ4n) is 1.97. The maximum absolute atomic E-state index is 11.4. The summed E-state index contributed by atoms with van der Waals surface area (Å²) in [7, 11) is 1.36. The van der Waals surface area contributed by atoms with Gasteiger partial charge in [0.2, 0.25) is 0 Å². The number of anilines is 2. The number of rotatable bonds is 5. The van der Waals surface area contributed by atoms with Gasteiger partial charge in [0.25, 0.3) is 0 Å². The molecule has 0 unspecified atom stereocenters. The predicted octanol–water partition coefficient (Wildman–Crippen LogP) is 3.05. The van der Waals surface area contributed by atoms with Crippen LogP contribution in [0.3, 0.4) is 0 Å². The molecule has 1 aromatic carbocycles. The molecule has 3 N–H and O–H groups in total. The number of benzene rings is 1. The molecule has 0 heterocycles. The van der Waals surface area contributed by atoms with Crippen molar-refractivity contribution in [2.45, 2.75) is 39.2 Å². The maximum Gasteiger partial charge on any atom is 0.337 e. The number of methoxy groups -OCH3 is 1. The molecule has 4 nitrogen and oxygen atoms in total. The molecule has 100 valence electrons. The molecule has 0 amide bonds. The van der Waals surface area contributed by atoms with Crippen molar-refractivity contribution in [3.05, 3.63) is 23.8 Å². The Bertz CT molecular complexity index is 428. The van der Waals surface area contributed by atoms with Crippen LogP contribution in [-0.4, -0.2) is 18.6 Å². The zero-order valence-corrected chi connectivity index (χ0v) is 11.5. The molecule has 0 saturated heterocycles. The molecule has 1 rings (SSSR count). The SMILES string of the molecule is CCCC(C)(C)Nc1ccc(C(=O)OC)cc1N. The summed E-state index contributed by atoms with van der Waals surface area (Å²) in [6.45, 7) is 6.40. The van der Waals surface area contributed by atoms with E-state index in [1.54, 1.807) is 12.1 Å². The highest BCUT2D eigenvalue weighted by Gasteiger charge is 2.17. The van der Waals surface area contributed by atoms with Crippen LogP contribution >= 0.6 is 0 Å². The number of carbonyl (C=O) groups is 1. The second kappa shape index (κ2) is 5.76. The number of esters is 1. The monoisotopic (exact) mass is 250 g/mol. The van der Waals surface area contributed by atoms with Crippen LogP contribution in [0.1, 0.15) is 44.0 Å². The third kappa shape index (κ3) is 3.65. The minimum absolute atomic E-state index is 0.0182. The minimum Gasteiger partial charge on any atom is -0.465 e. The van der Waals surface area contributed by atoms with Gasteiger partial charge in [0, 0.05) is 5.54 Å². The first-order valence-electron chi connectivity index (χ1n) is 6.15. The number of nitrogens with one attached hydrogen (secondary N) is 1. The normalized spacial score (nSPS) is 11.1. The molecule has 0 radical (unpaired) electrons. The molecular formula is C14H22N2O2. The van der Waals surface area contributed by atoms with Crippen molar-refractivity contribution in [3.63, 3.8) is 0 Å². The van der Waals surface area contributed by atoms with Gasteiger partial charge in [-0.15, -0.1) is 0 Å². The van der Waals surface area contributed by atoms with Crippen molar-refractivity contribution in [1.29, 1.82) is 0 Å². The number of nitrogens with two attached hydrogens (primary N) is 1. The fraction of sp³-hybridized carbons (Fsp3) is 0.500. The lowest BCUT2D eigenvalue weighted by Gasteiger charge is -2.28. The second-order valence-electron chi connectivity index (χ2n) is 5.05. The largest absolute Gasteiger partial charge is 0.465 e. The molecular weight excluding hydrogens is 228 g/mol. The van der Waals surface area contributed by atoms with E-state index in [2.05, 4.69) is 30.8 Å². The Hall–Kier alpha value is -1.71. The first kappa shape index (κ1) is 14.4. The number of carbonyl (C=O) groups excluding carboxylic acids is 1. The topological polar surface area (TPSA) is 64.3 Å². The van der Waals surface area contributed by atoms with Crippen LogP contribution in [0.2, 0.25) is 0 Å². The summed E-state index contributed by atoms with van der Waals surface area (Å²) in [6.07, 6.45) is 2.14. The molecule has 0 saturated carbocycles. The molecule has 0 atom stereocenters. The summed E-state index contributed by atoms with van der Waals surface area (Å²) in [5, 5.41) is 3.39. The van der Waals surface area contributed by atoms with Gasteiger partial charge < -0.3 is 15.8 Å². The number of hydrogen-bond acceptors (Lipinski definition) is 4. The summed E-state index contributed by atoms with van der Waals surface area (Å²) < 4.78 is 4.66. The third-order valence-corrected chi connectivity index (χ3v) is 2.82. The molecule has 18 heavy (non-hydrogen) atoms. The molecule has 0 aliphatic rings. The summed E-state index contributed by atoms with van der Waals surface area (Å²) in [6, 6.07) is 5.17. The Labute approximate surface area is 109 Å². The van der Waals surface area contributed by atoms with Crippen LogP contribution < -0.4 is 11.1 Å². The molecule has 0 bridgehead atoms. The summed E-state index contributed by atoms with van der Waals surface area (Å²) >= 11 is 0. The number of ether oxygens (including phenoxy) is 1. The van der Waals surface area contributed by atoms with Crippen molar-refractivity contribution in [2.75, 3.05) is 18.2 Å². The Morgan fingerprint density at radius 3 is 2.61 bits per heavy atom. The average Bonchev–Trinajstić information content (AvgIpc) is 2.30. The Balaban J connectivity index is 2.89. The van der Waals surface area contributed by atoms with Crippen molar-refractivity contribution in [3.8, 4) is 0 Å². The first-order valence-corrected chi connectivity index (χ1v) is 6.15. The molecule has 0 spiro atoms. The fourth-order valence-corrected chi connectivity index (χ4v) is 1.97. The Kier molecular flexibility index (Phi) is 4.59. The van der Waals surface area contributed by atoms with Gasteiger partial charge in [-0.3, -0.25) is 0 Å². The molecule has 0 aromatic heterocycles. The van der Waals surface area contributed by atoms with Crippen molar-refractivity contribution < 1.29 is 9.53 Å². The minimum atomic E-state index is -0.374. The van der Waals surface area contributed by atoms with Crippen LogP contribution in [0, 0.1) is 0 Å². The van der Waals surface area contributed by atoms with E-state index in [0.29, 0.717) is 11.3 Å². The third-order valence-electron chi connectivity index (χ3n) is 2.82. The van der Waals surface area contributed by atoms with Crippen LogP contribution in [0.15, 0.2) is 18.2 Å². The molecule has 0 aliphatic carbocycles. The summed E-state index contributed by atoms with van der Waals surface area (Å²) in [5.41, 5.74) is 7.80. The average molecular weight is 250 g/mol. The summed E-state index contributed by atoms with van der Waals surface area (Å²) in [4.78, 5) is 11.4. The van der Waals surface area contributed by atoms with Gasteiger partial charge in [0.15, 0.2) is 0 Å². The van der Waals surface area contributed by atoms with E-state index in [0.717, 1.165) is 18.5 Å². The van der Waals surface area contributed by atoms with Gasteiger partial charge in [0.05, 0.1) is 24.0 Å². The highest BCUT2D eigenvalue weighted by molar-refractivity contribution is 5.91. The smallest absolute Gasteiger partial charge is 0.337 e. The van der Waals surface area contributed by atoms with Crippen LogP contribution in [0.4, 0.5) is 11.4 Å². The van der Waals surface area contributed by atoms with E-state index in [1.165, 1.54) is 7.11 Å². The van der Waals surface area contributed by atoms with E-state index < -0.39 is 0 Å². The quantitative estimate of drug-likeness (QED) is 0.622. The van der Waals surface area contributed by atoms with Crippen molar-refractivity contribution >= 4 is 17.3 Å². The maximum atomic E-state index is 11.4. The lowest BCUT2D eigenvalue weighted by molar-refractivity contribution is 0.0601. The van der Waals surface area contributed by atoms with Gasteiger partial charge in [-0.1, -0.05) is 13.3 Å². The molecule has 1 aromatic rings. The van der Waals surface area contributed by atoms with Gasteiger partial charge in [-0.25, -0.2) is 4.79 Å². The molecule has 0 fully saturated rings. The van der Waals surface area contributed by atoms with Gasteiger partial charge in [-0.05, 0) is 38.5 Å². The second-order valence-corrected chi connectivity index (χ2v) is 5.05. The van der Waals surface area contributed by atoms with E-state index >= 15 is 0 Å². The zero-order valence-electron chi connectivity index (χ0n) is 11.5. The van der Waals surface area contributed by atoms with E-state index in [4.69, 9.17) is 5.73 Å². The zero-order chi connectivity index (χ0) is 13.8. The summed E-state index contributed by atoms with van der Waals surface area (Å²) in [5.74, 6) is -0.374. The van der Waals surface area contributed by atoms with Crippen molar-refractivity contribution in [2.24, 2.45) is 0 Å². The van der Waals surface area contributed by atoms with E-state index in [1.807, 2.05) is 6.07 Å². The van der Waals surface area contributed by atoms with Crippen molar-refractivity contribution in [1.82, 2.24) is 0 Å². The van der Waals surface area contributed by atoms with Gasteiger partial charge in [-0.2, -0.15) is 0 Å². The van der Waals surface area contributed by atoms with Gasteiger partial charge >= 0.3 is 5.97 Å². The first-order chi connectivity index (χ1) is 8.39. The number of nitrogen functional groups attached to an aromatic ring is 1. The van der Waals surface area contributed by atoms with E-state index in [-0.39, 0.29) is 11.5 Å². The highest BCUT2D eigenvalue weighted by Crippen LogP contribution is 2.25. The molecule has 4 heteroatoms. The predicted molar refractivity (Wildman–Crippen MR) is 74.8 cm³/mol. The number of hydrogen-bond donors (Lipinski definition) is 2. The highest BCUT2D eigenvalue weighted by atomic mass is 16.5. The van der Waals surface area contributed by atoms with E-state index in [9.17, 15) is 4.79 Å². The lowest BCUT2D eigenvalue weighted by atomic mass is 9.98. The lowest BCUT2D eigenvalue weighted by Crippen LogP contribution is -2.30. The Morgan fingerprint density at radius 2 is 2.11 bits per heavy atom.